The zero-order valence-corrected chi connectivity index (χ0v) is 19.3. The van der Waals surface area contributed by atoms with Gasteiger partial charge in [0.25, 0.3) is 5.91 Å². The van der Waals surface area contributed by atoms with Crippen LogP contribution in [0.5, 0.6) is 0 Å². The number of ether oxygens (including phenoxy) is 1. The third-order valence-corrected chi connectivity index (χ3v) is 5.74. The summed E-state index contributed by atoms with van der Waals surface area (Å²) in [5.41, 5.74) is 2.01. The molecule has 1 aliphatic rings. The van der Waals surface area contributed by atoms with Crippen LogP contribution >= 0.6 is 0 Å². The molecule has 2 unspecified atom stereocenters. The van der Waals surface area contributed by atoms with Crippen molar-refractivity contribution in [3.05, 3.63) is 82.2 Å². The number of halogens is 1. The van der Waals surface area contributed by atoms with Crippen LogP contribution in [0.15, 0.2) is 42.6 Å². The van der Waals surface area contributed by atoms with Crippen molar-refractivity contribution in [2.24, 2.45) is 0 Å². The fourth-order valence-corrected chi connectivity index (χ4v) is 4.16. The van der Waals surface area contributed by atoms with Crippen LogP contribution < -0.4 is 5.32 Å². The predicted molar refractivity (Wildman–Crippen MR) is 124 cm³/mol. The average Bonchev–Trinajstić information content (AvgIpc) is 3.24. The molecule has 8 nitrogen and oxygen atoms in total. The molecule has 0 bridgehead atoms. The van der Waals surface area contributed by atoms with E-state index in [2.05, 4.69) is 15.3 Å². The first-order chi connectivity index (χ1) is 16.2. The van der Waals surface area contributed by atoms with E-state index >= 15 is 0 Å². The highest BCUT2D eigenvalue weighted by Gasteiger charge is 2.41. The van der Waals surface area contributed by atoms with Gasteiger partial charge in [-0.2, -0.15) is 0 Å². The standard InChI is InChI=1S/C25H25FN4O4/c1-5-34-25(33)15-7-6-8-18-19(15)22(31)20(23-27-12-13(2)28-23)21(29-18)14-9-10-17(26)16(11-14)24(32)30(3)4/h6-12,20-21,29H,5H2,1-4H3,(H,27,28). The average molecular weight is 464 g/mol. The quantitative estimate of drug-likeness (QED) is 0.556. The first-order valence-corrected chi connectivity index (χ1v) is 10.9. The van der Waals surface area contributed by atoms with E-state index in [-0.39, 0.29) is 29.1 Å². The molecule has 3 aromatic rings. The van der Waals surface area contributed by atoms with Crippen molar-refractivity contribution in [3.63, 3.8) is 0 Å². The lowest BCUT2D eigenvalue weighted by Crippen LogP contribution is -2.34. The Balaban J connectivity index is 1.88. The number of amides is 1. The van der Waals surface area contributed by atoms with Gasteiger partial charge in [0, 0.05) is 31.7 Å². The molecule has 9 heteroatoms. The van der Waals surface area contributed by atoms with Gasteiger partial charge in [0.05, 0.1) is 29.3 Å². The summed E-state index contributed by atoms with van der Waals surface area (Å²) < 4.78 is 19.6. The van der Waals surface area contributed by atoms with E-state index in [1.807, 2.05) is 6.92 Å². The molecule has 176 valence electrons. The van der Waals surface area contributed by atoms with Crippen molar-refractivity contribution in [2.75, 3.05) is 26.0 Å². The topological polar surface area (TPSA) is 104 Å². The second kappa shape index (κ2) is 9.09. The van der Waals surface area contributed by atoms with Crippen LogP contribution in [-0.4, -0.2) is 53.2 Å². The van der Waals surface area contributed by atoms with Gasteiger partial charge in [-0.05, 0) is 43.7 Å². The van der Waals surface area contributed by atoms with Crippen LogP contribution in [-0.2, 0) is 4.74 Å². The molecule has 1 aliphatic heterocycles. The van der Waals surface area contributed by atoms with Crippen molar-refractivity contribution in [1.82, 2.24) is 14.9 Å². The van der Waals surface area contributed by atoms with Gasteiger partial charge in [-0.3, -0.25) is 9.59 Å². The van der Waals surface area contributed by atoms with E-state index in [4.69, 9.17) is 4.74 Å². The molecule has 4 rings (SSSR count). The Kier molecular flexibility index (Phi) is 6.19. The van der Waals surface area contributed by atoms with E-state index < -0.39 is 29.7 Å². The Bertz CT molecular complexity index is 1280. The molecule has 2 atom stereocenters. The number of anilines is 1. The van der Waals surface area contributed by atoms with Gasteiger partial charge in [-0.25, -0.2) is 14.2 Å². The van der Waals surface area contributed by atoms with E-state index in [0.717, 1.165) is 5.69 Å². The molecule has 0 fully saturated rings. The zero-order chi connectivity index (χ0) is 24.6. The number of ketones is 1. The number of aromatic nitrogens is 2. The molecule has 2 N–H and O–H groups in total. The zero-order valence-electron chi connectivity index (χ0n) is 19.3. The lowest BCUT2D eigenvalue weighted by Gasteiger charge is -2.34. The number of Topliss-reactive ketones (excluding diaryl/α,β-unsaturated/α-hetero) is 1. The summed E-state index contributed by atoms with van der Waals surface area (Å²) in [5.74, 6) is -2.53. The van der Waals surface area contributed by atoms with Crippen LogP contribution in [0.2, 0.25) is 0 Å². The van der Waals surface area contributed by atoms with E-state index in [1.54, 1.807) is 45.4 Å². The maximum Gasteiger partial charge on any atom is 0.338 e. The van der Waals surface area contributed by atoms with E-state index in [9.17, 15) is 18.8 Å². The molecule has 0 saturated heterocycles. The summed E-state index contributed by atoms with van der Waals surface area (Å²) in [4.78, 5) is 47.7. The van der Waals surface area contributed by atoms with Crippen molar-refractivity contribution in [2.45, 2.75) is 25.8 Å². The summed E-state index contributed by atoms with van der Waals surface area (Å²) >= 11 is 0. The van der Waals surface area contributed by atoms with Gasteiger partial charge in [0.1, 0.15) is 17.6 Å². The van der Waals surface area contributed by atoms with Crippen LogP contribution in [0, 0.1) is 12.7 Å². The SMILES string of the molecule is CCOC(=O)c1cccc2c1C(=O)C(c1ncc(C)[nH]1)C(c1ccc(F)c(C(=O)N(C)C)c1)N2. The number of esters is 1. The van der Waals surface area contributed by atoms with Gasteiger partial charge >= 0.3 is 5.97 Å². The van der Waals surface area contributed by atoms with Crippen LogP contribution in [0.3, 0.4) is 0 Å². The molecule has 1 aromatic heterocycles. The number of aromatic amines is 1. The molecule has 2 aromatic carbocycles. The predicted octanol–water partition coefficient (Wildman–Crippen LogP) is 3.87. The highest BCUT2D eigenvalue weighted by molar-refractivity contribution is 6.14. The highest BCUT2D eigenvalue weighted by Crippen LogP contribution is 2.43. The van der Waals surface area contributed by atoms with E-state index in [1.165, 1.54) is 23.1 Å². The van der Waals surface area contributed by atoms with E-state index in [0.29, 0.717) is 17.1 Å². The maximum atomic E-state index is 14.5. The highest BCUT2D eigenvalue weighted by atomic mass is 19.1. The number of hydrogen-bond donors (Lipinski definition) is 2. The molecule has 0 saturated carbocycles. The summed E-state index contributed by atoms with van der Waals surface area (Å²) in [6, 6.07) is 8.44. The largest absolute Gasteiger partial charge is 0.462 e. The Morgan fingerprint density at radius 1 is 1.18 bits per heavy atom. The van der Waals surface area contributed by atoms with Crippen LogP contribution in [0.1, 0.15) is 67.0 Å². The van der Waals surface area contributed by atoms with Gasteiger partial charge in [0.15, 0.2) is 5.78 Å². The number of imidazole rings is 1. The third-order valence-electron chi connectivity index (χ3n) is 5.74. The maximum absolute atomic E-state index is 14.5. The number of rotatable bonds is 5. The van der Waals surface area contributed by atoms with Crippen LogP contribution in [0.25, 0.3) is 0 Å². The van der Waals surface area contributed by atoms with Crippen molar-refractivity contribution in [3.8, 4) is 0 Å². The normalized spacial score (nSPS) is 17.0. The van der Waals surface area contributed by atoms with Crippen LogP contribution in [0.4, 0.5) is 10.1 Å². The molecule has 34 heavy (non-hydrogen) atoms. The molecular formula is C25H25FN4O4. The fraction of sp³-hybridized carbons (Fsp3) is 0.280. The number of carbonyl (C=O) groups excluding carboxylic acids is 3. The van der Waals surface area contributed by atoms with Gasteiger partial charge in [-0.1, -0.05) is 12.1 Å². The Morgan fingerprint density at radius 2 is 1.94 bits per heavy atom. The Labute approximate surface area is 196 Å². The minimum absolute atomic E-state index is 0.0998. The molecule has 0 radical (unpaired) electrons. The third kappa shape index (κ3) is 4.05. The number of fused-ring (bicyclic) bond motifs is 1. The number of carbonyl (C=O) groups is 3. The molecule has 1 amide bonds. The summed E-state index contributed by atoms with van der Waals surface area (Å²) in [6.45, 7) is 3.68. The minimum atomic E-state index is -0.857. The molecule has 0 aliphatic carbocycles. The van der Waals surface area contributed by atoms with Gasteiger partial charge < -0.3 is 19.9 Å². The van der Waals surface area contributed by atoms with Gasteiger partial charge in [-0.15, -0.1) is 0 Å². The van der Waals surface area contributed by atoms with Crippen molar-refractivity contribution in [1.29, 1.82) is 0 Å². The summed E-state index contributed by atoms with van der Waals surface area (Å²) in [7, 11) is 3.08. The number of benzene rings is 2. The summed E-state index contributed by atoms with van der Waals surface area (Å²) in [6.07, 6.45) is 1.61. The van der Waals surface area contributed by atoms with Crippen molar-refractivity contribution >= 4 is 23.3 Å². The second-order valence-corrected chi connectivity index (χ2v) is 8.30. The minimum Gasteiger partial charge on any atom is -0.462 e. The first kappa shape index (κ1) is 23.2. The van der Waals surface area contributed by atoms with Crippen molar-refractivity contribution < 1.29 is 23.5 Å². The molecule has 0 spiro atoms. The van der Waals surface area contributed by atoms with Gasteiger partial charge in [0.2, 0.25) is 0 Å². The monoisotopic (exact) mass is 464 g/mol. The fourth-order valence-electron chi connectivity index (χ4n) is 4.16. The Morgan fingerprint density at radius 3 is 2.59 bits per heavy atom. The number of nitrogens with one attached hydrogen (secondary N) is 2. The molecular weight excluding hydrogens is 439 g/mol. The smallest absolute Gasteiger partial charge is 0.338 e. The second-order valence-electron chi connectivity index (χ2n) is 8.30. The number of H-pyrrole nitrogens is 1. The number of nitrogens with zero attached hydrogens (tertiary/aromatic N) is 2. The Hall–Kier alpha value is -4.01. The lowest BCUT2D eigenvalue weighted by molar-refractivity contribution is 0.0522. The first-order valence-electron chi connectivity index (χ1n) is 10.9. The lowest BCUT2D eigenvalue weighted by atomic mass is 9.80. The number of aryl methyl sites for hydroxylation is 1. The molecule has 2 heterocycles. The summed E-state index contributed by atoms with van der Waals surface area (Å²) in [5, 5.41) is 3.32. The number of hydrogen-bond acceptors (Lipinski definition) is 6.